The minimum Gasteiger partial charge on any atom is -0.494 e. The minimum atomic E-state index is -0.367. The van der Waals surface area contributed by atoms with E-state index in [1.807, 2.05) is 25.1 Å². The predicted octanol–water partition coefficient (Wildman–Crippen LogP) is 3.04. The van der Waals surface area contributed by atoms with Gasteiger partial charge in [0.15, 0.2) is 11.6 Å². The molecule has 0 aromatic heterocycles. The summed E-state index contributed by atoms with van der Waals surface area (Å²) in [6.45, 7) is 2.60. The Morgan fingerprint density at radius 1 is 1.22 bits per heavy atom. The van der Waals surface area contributed by atoms with Gasteiger partial charge in [0, 0.05) is 25.2 Å². The number of benzene rings is 2. The number of carbonyl (C=O) groups excluding carboxylic acids is 1. The van der Waals surface area contributed by atoms with E-state index in [9.17, 15) is 9.18 Å². The van der Waals surface area contributed by atoms with Crippen LogP contribution in [0.25, 0.3) is 0 Å². The topological polar surface area (TPSA) is 50.4 Å². The molecule has 5 heteroatoms. The van der Waals surface area contributed by atoms with Gasteiger partial charge in [0.2, 0.25) is 0 Å². The normalized spacial score (nSPS) is 11.8. The Balaban J connectivity index is 1.97. The first-order valence-corrected chi connectivity index (χ1v) is 7.43. The van der Waals surface area contributed by atoms with Gasteiger partial charge in [-0.2, -0.15) is 0 Å². The van der Waals surface area contributed by atoms with Crippen LogP contribution in [-0.2, 0) is 6.54 Å². The van der Waals surface area contributed by atoms with E-state index < -0.39 is 0 Å². The third kappa shape index (κ3) is 4.29. The Morgan fingerprint density at radius 2 is 1.91 bits per heavy atom. The third-order valence-corrected chi connectivity index (χ3v) is 3.73. The lowest BCUT2D eigenvalue weighted by Gasteiger charge is -2.15. The van der Waals surface area contributed by atoms with Gasteiger partial charge in [0.1, 0.15) is 0 Å². The summed E-state index contributed by atoms with van der Waals surface area (Å²) in [4.78, 5) is 11.5. The van der Waals surface area contributed by atoms with Gasteiger partial charge in [-0.05, 0) is 42.3 Å². The summed E-state index contributed by atoms with van der Waals surface area (Å²) in [5, 5.41) is 5.92. The molecule has 23 heavy (non-hydrogen) atoms. The molecule has 0 aliphatic heterocycles. The van der Waals surface area contributed by atoms with Gasteiger partial charge in [0.05, 0.1) is 7.11 Å². The largest absolute Gasteiger partial charge is 0.494 e. The van der Waals surface area contributed by atoms with Crippen LogP contribution in [0.1, 0.15) is 34.5 Å². The van der Waals surface area contributed by atoms with Crippen LogP contribution in [0.4, 0.5) is 4.39 Å². The molecular formula is C18H21FN2O2. The molecule has 1 unspecified atom stereocenters. The van der Waals surface area contributed by atoms with E-state index in [2.05, 4.69) is 10.6 Å². The molecule has 0 saturated heterocycles. The molecule has 122 valence electrons. The number of methoxy groups -OCH3 is 1. The Hall–Kier alpha value is -2.40. The maximum atomic E-state index is 13.7. The van der Waals surface area contributed by atoms with Crippen LogP contribution in [0.15, 0.2) is 42.5 Å². The molecule has 1 amide bonds. The predicted molar refractivity (Wildman–Crippen MR) is 88.0 cm³/mol. The van der Waals surface area contributed by atoms with Gasteiger partial charge >= 0.3 is 0 Å². The van der Waals surface area contributed by atoms with Crippen LogP contribution in [0.3, 0.4) is 0 Å². The minimum absolute atomic E-state index is 0.00553. The van der Waals surface area contributed by atoms with Crippen LogP contribution >= 0.6 is 0 Å². The fourth-order valence-electron chi connectivity index (χ4n) is 2.26. The van der Waals surface area contributed by atoms with Crippen LogP contribution in [0, 0.1) is 5.82 Å². The highest BCUT2D eigenvalue weighted by molar-refractivity contribution is 5.93. The molecule has 2 rings (SSSR count). The first-order valence-electron chi connectivity index (χ1n) is 7.43. The van der Waals surface area contributed by atoms with Crippen LogP contribution in [-0.4, -0.2) is 20.1 Å². The van der Waals surface area contributed by atoms with Crippen LogP contribution < -0.4 is 15.4 Å². The molecule has 2 aromatic carbocycles. The molecule has 1 atom stereocenters. The molecule has 0 fully saturated rings. The summed E-state index contributed by atoms with van der Waals surface area (Å²) in [6.07, 6.45) is 0. The Kier molecular flexibility index (Phi) is 5.71. The van der Waals surface area contributed by atoms with Gasteiger partial charge in [-0.1, -0.05) is 18.2 Å². The second-order valence-corrected chi connectivity index (χ2v) is 5.27. The molecule has 0 heterocycles. The summed E-state index contributed by atoms with van der Waals surface area (Å²) in [6, 6.07) is 12.3. The van der Waals surface area contributed by atoms with Gasteiger partial charge in [-0.3, -0.25) is 4.79 Å². The lowest BCUT2D eigenvalue weighted by molar-refractivity contribution is 0.0963. The van der Waals surface area contributed by atoms with E-state index in [1.165, 1.54) is 13.2 Å². The van der Waals surface area contributed by atoms with Crippen molar-refractivity contribution in [2.24, 2.45) is 0 Å². The first-order chi connectivity index (χ1) is 11.0. The number of halogens is 1. The quantitative estimate of drug-likeness (QED) is 0.861. The number of ether oxygens (including phenoxy) is 1. The number of hydrogen-bond donors (Lipinski definition) is 2. The fourth-order valence-corrected chi connectivity index (χ4v) is 2.26. The van der Waals surface area contributed by atoms with E-state index in [1.54, 1.807) is 25.2 Å². The van der Waals surface area contributed by atoms with Crippen molar-refractivity contribution in [1.82, 2.24) is 10.6 Å². The fraction of sp³-hybridized carbons (Fsp3) is 0.278. The van der Waals surface area contributed by atoms with E-state index in [-0.39, 0.29) is 23.5 Å². The Labute approximate surface area is 135 Å². The van der Waals surface area contributed by atoms with Crippen molar-refractivity contribution in [3.63, 3.8) is 0 Å². The molecule has 0 aliphatic rings. The first kappa shape index (κ1) is 17.0. The maximum absolute atomic E-state index is 13.7. The SMILES string of the molecule is CNC(=O)c1ccc(CNC(C)c2ccc(OC)c(F)c2)cc1. The molecule has 2 aromatic rings. The van der Waals surface area contributed by atoms with Crippen molar-refractivity contribution in [1.29, 1.82) is 0 Å². The highest BCUT2D eigenvalue weighted by Crippen LogP contribution is 2.22. The Bertz CT molecular complexity index is 671. The van der Waals surface area contributed by atoms with Crippen molar-refractivity contribution in [2.45, 2.75) is 19.5 Å². The number of nitrogens with one attached hydrogen (secondary N) is 2. The zero-order chi connectivity index (χ0) is 16.8. The number of hydrogen-bond acceptors (Lipinski definition) is 3. The van der Waals surface area contributed by atoms with Crippen molar-refractivity contribution >= 4 is 5.91 Å². The smallest absolute Gasteiger partial charge is 0.251 e. The standard InChI is InChI=1S/C18H21FN2O2/c1-12(15-8-9-17(23-3)16(19)10-15)21-11-13-4-6-14(7-5-13)18(22)20-2/h4-10,12,21H,11H2,1-3H3,(H,20,22). The summed E-state index contributed by atoms with van der Waals surface area (Å²) in [7, 11) is 3.05. The van der Waals surface area contributed by atoms with E-state index >= 15 is 0 Å². The Morgan fingerprint density at radius 3 is 2.48 bits per heavy atom. The summed E-state index contributed by atoms with van der Waals surface area (Å²) in [5.74, 6) is -0.231. The van der Waals surface area contributed by atoms with Crippen molar-refractivity contribution < 1.29 is 13.9 Å². The lowest BCUT2D eigenvalue weighted by Crippen LogP contribution is -2.19. The van der Waals surface area contributed by atoms with Crippen molar-refractivity contribution in [3.8, 4) is 5.75 Å². The monoisotopic (exact) mass is 316 g/mol. The van der Waals surface area contributed by atoms with E-state index in [4.69, 9.17) is 4.74 Å². The molecule has 4 nitrogen and oxygen atoms in total. The molecular weight excluding hydrogens is 295 g/mol. The maximum Gasteiger partial charge on any atom is 0.251 e. The highest BCUT2D eigenvalue weighted by atomic mass is 19.1. The van der Waals surface area contributed by atoms with Gasteiger partial charge < -0.3 is 15.4 Å². The van der Waals surface area contributed by atoms with Gasteiger partial charge in [-0.15, -0.1) is 0 Å². The van der Waals surface area contributed by atoms with Gasteiger partial charge in [-0.25, -0.2) is 4.39 Å². The molecule has 2 N–H and O–H groups in total. The lowest BCUT2D eigenvalue weighted by atomic mass is 10.1. The highest BCUT2D eigenvalue weighted by Gasteiger charge is 2.09. The third-order valence-electron chi connectivity index (χ3n) is 3.73. The average Bonchev–Trinajstić information content (AvgIpc) is 2.59. The van der Waals surface area contributed by atoms with Crippen LogP contribution in [0.5, 0.6) is 5.75 Å². The van der Waals surface area contributed by atoms with Crippen molar-refractivity contribution in [3.05, 3.63) is 65.0 Å². The number of amides is 1. The molecule has 0 radical (unpaired) electrons. The molecule has 0 saturated carbocycles. The summed E-state index contributed by atoms with van der Waals surface area (Å²) in [5.41, 5.74) is 2.53. The molecule has 0 spiro atoms. The molecule has 0 aliphatic carbocycles. The van der Waals surface area contributed by atoms with Crippen molar-refractivity contribution in [2.75, 3.05) is 14.2 Å². The van der Waals surface area contributed by atoms with Gasteiger partial charge in [0.25, 0.3) is 5.91 Å². The summed E-state index contributed by atoms with van der Waals surface area (Å²) >= 11 is 0. The molecule has 0 bridgehead atoms. The second kappa shape index (κ2) is 7.74. The van der Waals surface area contributed by atoms with E-state index in [0.717, 1.165) is 11.1 Å². The van der Waals surface area contributed by atoms with E-state index in [0.29, 0.717) is 12.1 Å². The summed E-state index contributed by atoms with van der Waals surface area (Å²) < 4.78 is 18.7. The zero-order valence-corrected chi connectivity index (χ0v) is 13.5. The zero-order valence-electron chi connectivity index (χ0n) is 13.5. The second-order valence-electron chi connectivity index (χ2n) is 5.27. The number of rotatable bonds is 6. The average molecular weight is 316 g/mol. The number of carbonyl (C=O) groups is 1. The van der Waals surface area contributed by atoms with Crippen LogP contribution in [0.2, 0.25) is 0 Å².